The van der Waals surface area contributed by atoms with Crippen molar-refractivity contribution in [2.45, 2.75) is 19.8 Å². The van der Waals surface area contributed by atoms with E-state index in [0.717, 1.165) is 5.92 Å². The molecule has 0 heterocycles. The maximum absolute atomic E-state index is 3.45. The van der Waals surface area contributed by atoms with Crippen LogP contribution in [0.15, 0.2) is 23.6 Å². The highest BCUT2D eigenvalue weighted by Gasteiger charge is 2.22. The minimum absolute atomic E-state index is 0.823. The molecule has 0 heteroatoms. The summed E-state index contributed by atoms with van der Waals surface area (Å²) in [5, 5.41) is 0. The van der Waals surface area contributed by atoms with E-state index in [1.807, 2.05) is 0 Å². The van der Waals surface area contributed by atoms with E-state index in [0.29, 0.717) is 0 Å². The normalized spacial score (nSPS) is 16.6. The fourth-order valence-corrected chi connectivity index (χ4v) is 0.758. The van der Waals surface area contributed by atoms with Crippen LogP contribution in [0.5, 0.6) is 0 Å². The third-order valence-electron chi connectivity index (χ3n) is 1.48. The average molecular weight is 106 g/mol. The number of allylic oxidation sites excluding steroid dienone is 1. The lowest BCUT2D eigenvalue weighted by atomic mass is 10.2. The Morgan fingerprint density at radius 2 is 2.25 bits per heavy atom. The van der Waals surface area contributed by atoms with Crippen molar-refractivity contribution >= 4 is 0 Å². The summed E-state index contributed by atoms with van der Waals surface area (Å²) in [4.78, 5) is 0. The van der Waals surface area contributed by atoms with E-state index in [4.69, 9.17) is 0 Å². The van der Waals surface area contributed by atoms with Crippen molar-refractivity contribution in [1.82, 2.24) is 0 Å². The van der Waals surface area contributed by atoms with Gasteiger partial charge in [0.05, 0.1) is 0 Å². The van der Waals surface area contributed by atoms with E-state index in [1.165, 1.54) is 18.4 Å². The molecule has 8 heavy (non-hydrogen) atoms. The Bertz CT molecular complexity index is 160. The van der Waals surface area contributed by atoms with Crippen LogP contribution in [0.3, 0.4) is 0 Å². The Balaban J connectivity index is 2.68. The smallest absolute Gasteiger partial charge is 0.0123 e. The summed E-state index contributed by atoms with van der Waals surface area (Å²) in [5.74, 6) is 0.823. The molecule has 0 aromatic carbocycles. The molecule has 0 bridgehead atoms. The molecule has 0 atom stereocenters. The van der Waals surface area contributed by atoms with Gasteiger partial charge in [0.2, 0.25) is 0 Å². The highest BCUT2D eigenvalue weighted by Crippen LogP contribution is 2.35. The van der Waals surface area contributed by atoms with E-state index in [1.54, 1.807) is 0 Å². The maximum atomic E-state index is 3.45. The molecule has 0 spiro atoms. The molecule has 1 aliphatic carbocycles. The summed E-state index contributed by atoms with van der Waals surface area (Å²) in [6.07, 6.45) is 2.70. The van der Waals surface area contributed by atoms with Crippen molar-refractivity contribution < 1.29 is 0 Å². The van der Waals surface area contributed by atoms with Crippen LogP contribution < -0.4 is 0 Å². The fraction of sp³-hybridized carbons (Fsp3) is 0.500. The predicted octanol–water partition coefficient (Wildman–Crippen LogP) is 2.28. The molecule has 1 aliphatic rings. The van der Waals surface area contributed by atoms with Gasteiger partial charge in [0, 0.05) is 0 Å². The van der Waals surface area contributed by atoms with Crippen molar-refractivity contribution in [2.24, 2.45) is 5.92 Å². The summed E-state index contributed by atoms with van der Waals surface area (Å²) < 4.78 is 0. The number of rotatable bonds is 1. The van der Waals surface area contributed by atoms with Gasteiger partial charge in [-0.25, -0.2) is 0 Å². The van der Waals surface area contributed by atoms with Crippen molar-refractivity contribution in [3.05, 3.63) is 23.6 Å². The molecule has 1 rings (SSSR count). The Morgan fingerprint density at radius 1 is 1.62 bits per heavy atom. The molecule has 0 unspecified atom stereocenters. The zero-order chi connectivity index (χ0) is 5.98. The lowest BCUT2D eigenvalue weighted by molar-refractivity contribution is 1.01. The first-order valence-electron chi connectivity index (χ1n) is 2.96. The second-order valence-corrected chi connectivity index (χ2v) is 2.26. The van der Waals surface area contributed by atoms with Crippen LogP contribution in [0.4, 0.5) is 0 Å². The van der Waals surface area contributed by atoms with Gasteiger partial charge in [-0.2, -0.15) is 0 Å². The maximum Gasteiger partial charge on any atom is -0.0123 e. The van der Waals surface area contributed by atoms with Crippen molar-refractivity contribution in [2.75, 3.05) is 0 Å². The van der Waals surface area contributed by atoms with Crippen LogP contribution in [0, 0.1) is 5.92 Å². The molecule has 0 amide bonds. The molecule has 1 fully saturated rings. The summed E-state index contributed by atoms with van der Waals surface area (Å²) in [6.45, 7) is 5.55. The van der Waals surface area contributed by atoms with E-state index in [2.05, 4.69) is 25.0 Å². The predicted molar refractivity (Wildman–Crippen MR) is 34.6 cm³/mol. The number of hydrogen-bond acceptors (Lipinski definition) is 0. The van der Waals surface area contributed by atoms with Gasteiger partial charge in [-0.15, -0.1) is 0 Å². The lowest BCUT2D eigenvalue weighted by Crippen LogP contribution is -1.70. The highest BCUT2D eigenvalue weighted by atomic mass is 14.3. The largest absolute Gasteiger partial charge is 0.0782 e. The highest BCUT2D eigenvalue weighted by molar-refractivity contribution is 5.07. The average Bonchev–Trinajstić information content (AvgIpc) is 2.45. The molecule has 0 saturated heterocycles. The Labute approximate surface area is 50.2 Å². The Kier molecular flexibility index (Phi) is 1.39. The quantitative estimate of drug-likeness (QED) is 0.450. The first kappa shape index (κ1) is 5.44. The van der Waals surface area contributed by atoms with Crippen LogP contribution in [0.25, 0.3) is 0 Å². The zero-order valence-corrected chi connectivity index (χ0v) is 5.20. The minimum atomic E-state index is 0.823. The van der Waals surface area contributed by atoms with Gasteiger partial charge < -0.3 is 0 Å². The first-order chi connectivity index (χ1) is 3.84. The summed E-state index contributed by atoms with van der Waals surface area (Å²) in [6, 6.07) is 0. The minimum Gasteiger partial charge on any atom is -0.0782 e. The summed E-state index contributed by atoms with van der Waals surface area (Å²) in [7, 11) is 0. The van der Waals surface area contributed by atoms with Gasteiger partial charge >= 0.3 is 0 Å². The molecule has 0 nitrogen and oxygen atoms in total. The van der Waals surface area contributed by atoms with E-state index in [9.17, 15) is 0 Å². The van der Waals surface area contributed by atoms with Crippen LogP contribution in [-0.2, 0) is 0 Å². The zero-order valence-electron chi connectivity index (χ0n) is 5.20. The Hall–Kier alpha value is -0.700. The van der Waals surface area contributed by atoms with Crippen LogP contribution in [-0.4, -0.2) is 0 Å². The SMILES string of the molecule is C=C=C=C(C)C1CC1. The molecule has 42 valence electrons. The molecule has 0 aromatic heterocycles. The van der Waals surface area contributed by atoms with E-state index >= 15 is 0 Å². The molecule has 0 aromatic rings. The molecule has 0 aliphatic heterocycles. The fourth-order valence-electron chi connectivity index (χ4n) is 0.758. The van der Waals surface area contributed by atoms with Crippen LogP contribution in [0.2, 0.25) is 0 Å². The van der Waals surface area contributed by atoms with Gasteiger partial charge in [0.15, 0.2) is 0 Å². The van der Waals surface area contributed by atoms with Crippen molar-refractivity contribution in [3.8, 4) is 0 Å². The topological polar surface area (TPSA) is 0 Å². The van der Waals surface area contributed by atoms with Crippen LogP contribution in [0.1, 0.15) is 19.8 Å². The summed E-state index contributed by atoms with van der Waals surface area (Å²) in [5.41, 5.74) is 6.93. The van der Waals surface area contributed by atoms with Crippen molar-refractivity contribution in [1.29, 1.82) is 0 Å². The lowest BCUT2D eigenvalue weighted by Gasteiger charge is -1.83. The molecular formula is C8H10. The molecule has 1 saturated carbocycles. The van der Waals surface area contributed by atoms with Crippen LogP contribution >= 0.6 is 0 Å². The van der Waals surface area contributed by atoms with E-state index < -0.39 is 0 Å². The van der Waals surface area contributed by atoms with Gasteiger partial charge in [-0.1, -0.05) is 11.5 Å². The molecular weight excluding hydrogens is 96.1 g/mol. The van der Waals surface area contributed by atoms with Crippen molar-refractivity contribution in [3.63, 3.8) is 0 Å². The first-order valence-corrected chi connectivity index (χ1v) is 2.96. The monoisotopic (exact) mass is 106 g/mol. The second kappa shape index (κ2) is 2.05. The van der Waals surface area contributed by atoms with Gasteiger partial charge in [0.25, 0.3) is 0 Å². The van der Waals surface area contributed by atoms with Gasteiger partial charge in [0.1, 0.15) is 0 Å². The standard InChI is InChI=1S/C8H10/c1-3-4-7(2)8-5-6-8/h8H,1,5-6H2,2H3. The summed E-state index contributed by atoms with van der Waals surface area (Å²) >= 11 is 0. The third kappa shape index (κ3) is 1.13. The Morgan fingerprint density at radius 3 is 2.62 bits per heavy atom. The molecule has 0 radical (unpaired) electrons. The molecule has 0 N–H and O–H groups in total. The number of hydrogen-bond donors (Lipinski definition) is 0. The second-order valence-electron chi connectivity index (χ2n) is 2.26. The van der Waals surface area contributed by atoms with E-state index in [-0.39, 0.29) is 0 Å². The van der Waals surface area contributed by atoms with Gasteiger partial charge in [-0.3, -0.25) is 0 Å². The van der Waals surface area contributed by atoms with Gasteiger partial charge in [-0.05, 0) is 37.8 Å². The third-order valence-corrected chi connectivity index (χ3v) is 1.48.